The smallest absolute Gasteiger partial charge is 0.252 e. The third-order valence-corrected chi connectivity index (χ3v) is 25.2. The molecule has 0 atom stereocenters. The number of anilines is 6. The minimum absolute atomic E-state index is 0.0770. The van der Waals surface area contributed by atoms with Crippen molar-refractivity contribution in [3.8, 4) is 67.3 Å². The van der Waals surface area contributed by atoms with E-state index >= 15 is 0 Å². The Morgan fingerprint density at radius 3 is 0.837 bits per heavy atom. The van der Waals surface area contributed by atoms with Gasteiger partial charge in [0.05, 0.1) is 101 Å². The molecule has 0 saturated carbocycles. The number of hydrogen-bond donors (Lipinski definition) is 0. The molecule has 2 aliphatic rings. The van der Waals surface area contributed by atoms with Crippen molar-refractivity contribution in [3.63, 3.8) is 0 Å². The average molecular weight is 1700 g/mol. The molecule has 0 N–H and O–H groups in total. The highest BCUT2D eigenvalue weighted by Gasteiger charge is 2.47. The molecular formula is C122H105BN6. The number of aromatic nitrogens is 4. The van der Waals surface area contributed by atoms with Gasteiger partial charge in [0.1, 0.15) is 0 Å². The first kappa shape index (κ1) is 51.4. The largest absolute Gasteiger partial charge is 0.310 e. The Morgan fingerprint density at radius 2 is 0.496 bits per heavy atom. The Balaban J connectivity index is 0.962. The molecule has 0 unspecified atom stereocenters. The molecule has 6 nitrogen and oxygen atoms in total. The maximum atomic E-state index is 12.4. The van der Waals surface area contributed by atoms with Crippen LogP contribution in [0.1, 0.15) is 177 Å². The van der Waals surface area contributed by atoms with Crippen LogP contribution < -0.4 is 26.2 Å². The molecule has 129 heavy (non-hydrogen) atoms. The molecular weight excluding hydrogens is 1560 g/mol. The van der Waals surface area contributed by atoms with Gasteiger partial charge in [-0.3, -0.25) is 0 Å². The van der Waals surface area contributed by atoms with Crippen molar-refractivity contribution in [1.29, 1.82) is 0 Å². The Morgan fingerprint density at radius 1 is 0.225 bits per heavy atom. The fourth-order valence-electron chi connectivity index (χ4n) is 18.6. The van der Waals surface area contributed by atoms with Crippen molar-refractivity contribution < 1.29 is 45.2 Å². The summed E-state index contributed by atoms with van der Waals surface area (Å²) in [6.45, 7) is 26.6. The molecule has 17 aromatic carbocycles. The van der Waals surface area contributed by atoms with Crippen LogP contribution in [0.4, 0.5) is 34.1 Å². The van der Waals surface area contributed by atoms with Gasteiger partial charge in [-0.25, -0.2) is 0 Å². The molecule has 21 aromatic rings. The second-order valence-electron chi connectivity index (χ2n) is 38.7. The van der Waals surface area contributed by atoms with Crippen molar-refractivity contribution in [1.82, 2.24) is 18.3 Å². The van der Waals surface area contributed by atoms with Crippen molar-refractivity contribution >= 4 is 144 Å². The van der Waals surface area contributed by atoms with Crippen molar-refractivity contribution in [2.75, 3.05) is 9.80 Å². The Labute approximate surface area is 803 Å². The van der Waals surface area contributed by atoms with Gasteiger partial charge in [0, 0.05) is 111 Å². The average Bonchev–Trinajstić information content (AvgIpc) is 1.28. The van der Waals surface area contributed by atoms with Crippen LogP contribution in [0, 0.1) is 0 Å². The Kier molecular flexibility index (Phi) is 11.6. The molecule has 0 bridgehead atoms. The quantitative estimate of drug-likeness (QED) is 0.128. The zero-order chi connectivity index (χ0) is 117. The summed E-state index contributed by atoms with van der Waals surface area (Å²) in [5.41, 5.74) is -5.25. The second kappa shape index (κ2) is 29.1. The fourth-order valence-corrected chi connectivity index (χ4v) is 18.6. The van der Waals surface area contributed by atoms with Gasteiger partial charge < -0.3 is 28.1 Å². The number of nitrogens with zero attached hydrogens (tertiary/aromatic N) is 6. The molecule has 0 radical (unpaired) electrons. The summed E-state index contributed by atoms with van der Waals surface area (Å²) in [5.74, 6) is 0. The molecule has 6 heterocycles. The standard InChI is InChI=1S/C122H105BN6/c1-118(2,3)80-52-60-107-97(64-80)99-72-85(124-103-48-32-28-44-89(103)90-45-29-33-49-104(90)124)56-62-109(99)126(107)87-54-58-101-111(74-87)128(116-93(76-36-20-16-21-37-76)66-82(120(7,8)9)67-94(116)77-38-22-17-23-39-77)113-70-84(122(13,14)15)71-114-115(113)123(101)102-59-55-88(75-112(102)129(114)117-95(78-40-24-18-25-41-78)68-83(121(10,11)12)69-96(117)79-42-26-19-27-43-79)127-108-61-53-81(119(4,5)6)65-98(108)100-73-86(57-63-110(100)127)125-105-50-34-30-46-91(105)92-47-31-35-51-106(92)125/h16-75H,1-15H3/i28D,29D,30D,31D,32D,33D,34D,35D,44D,45D,46D,48D,49D,50D,51D,52D,53D,54D,55D,56D,57D,58D,59D,60D,61D,62D,63D,64D,65D,72D,73D,74D,75D. The number of fused-ring (bicyclic) bond motifs is 16. The lowest BCUT2D eigenvalue weighted by Crippen LogP contribution is -2.61. The molecule has 23 rings (SSSR count). The van der Waals surface area contributed by atoms with Crippen LogP contribution >= 0.6 is 0 Å². The Bertz CT molecular complexity index is 9880. The highest BCUT2D eigenvalue weighted by Crippen LogP contribution is 2.57. The highest BCUT2D eigenvalue weighted by atomic mass is 15.2. The first-order chi connectivity index (χ1) is 76.0. The topological polar surface area (TPSA) is 26.2 Å². The summed E-state index contributed by atoms with van der Waals surface area (Å²) < 4.78 is 346. The van der Waals surface area contributed by atoms with E-state index in [4.69, 9.17) is 5.48 Å². The van der Waals surface area contributed by atoms with Crippen LogP contribution in [0.3, 0.4) is 0 Å². The maximum absolute atomic E-state index is 12.4. The third-order valence-electron chi connectivity index (χ3n) is 25.2. The van der Waals surface area contributed by atoms with Gasteiger partial charge in [0.15, 0.2) is 0 Å². The number of hydrogen-bond acceptors (Lipinski definition) is 2. The van der Waals surface area contributed by atoms with Crippen LogP contribution in [0.15, 0.2) is 363 Å². The summed E-state index contributed by atoms with van der Waals surface area (Å²) in [5, 5.41) is -3.07. The zero-order valence-corrected chi connectivity index (χ0v) is 73.8. The minimum atomic E-state index is -1.84. The van der Waals surface area contributed by atoms with Gasteiger partial charge in [-0.2, -0.15) is 0 Å². The fraction of sp³-hybridized carbons (Fsp3) is 0.164. The number of rotatable bonds is 10. The van der Waals surface area contributed by atoms with Crippen LogP contribution in [0.5, 0.6) is 0 Å². The molecule has 0 aliphatic carbocycles. The minimum Gasteiger partial charge on any atom is -0.310 e. The maximum Gasteiger partial charge on any atom is 0.252 e. The van der Waals surface area contributed by atoms with Gasteiger partial charge in [-0.05, 0) is 239 Å². The van der Waals surface area contributed by atoms with Gasteiger partial charge in [-0.15, -0.1) is 0 Å². The summed E-state index contributed by atoms with van der Waals surface area (Å²) in [7, 11) is 0. The van der Waals surface area contributed by atoms with Crippen LogP contribution in [-0.2, 0) is 27.1 Å². The van der Waals surface area contributed by atoms with Gasteiger partial charge in [-0.1, -0.05) is 322 Å². The highest BCUT2D eigenvalue weighted by molar-refractivity contribution is 7.00. The lowest BCUT2D eigenvalue weighted by molar-refractivity contribution is 0.590. The van der Waals surface area contributed by atoms with Crippen LogP contribution in [-0.4, -0.2) is 25.0 Å². The van der Waals surface area contributed by atoms with Gasteiger partial charge in [0.2, 0.25) is 0 Å². The molecule has 0 spiro atoms. The zero-order valence-electron chi connectivity index (χ0n) is 107. The van der Waals surface area contributed by atoms with E-state index in [0.29, 0.717) is 61.4 Å². The van der Waals surface area contributed by atoms with E-state index in [1.165, 1.54) is 0 Å². The summed E-state index contributed by atoms with van der Waals surface area (Å²) in [4.78, 5) is 3.69. The predicted octanol–water partition coefficient (Wildman–Crippen LogP) is 31.3. The predicted molar refractivity (Wildman–Crippen MR) is 553 cm³/mol. The van der Waals surface area contributed by atoms with Crippen molar-refractivity contribution in [2.24, 2.45) is 0 Å². The lowest BCUT2D eigenvalue weighted by Gasteiger charge is -2.47. The molecule has 0 fully saturated rings. The van der Waals surface area contributed by atoms with Crippen molar-refractivity contribution in [3.05, 3.63) is 391 Å². The van der Waals surface area contributed by atoms with Crippen molar-refractivity contribution in [2.45, 2.75) is 131 Å². The molecule has 2 aliphatic heterocycles. The summed E-state index contributed by atoms with van der Waals surface area (Å²) >= 11 is 0. The SMILES string of the molecule is [2H]c1cc2c3c([2H])c([2H])c([2H])c([2H])c3n(-c3c([2H])c([2H])c4c(c3[2H])c3c([2H])c(C(C)(C)C)c([2H])c([2H])c3n4-c3c([2H])c([2H])c4c(c3[2H])N(c3c(-c5ccccc5)cc(C(C)(C)C)cc3-c3ccccc3)c3cc(C(C)(C)C)cc5c3B4c3c([2H])c([2H])c(-n4c6c([2H])c([2H])c(-n7c8c([2H])c([2H])c([2H])c([2H])c8c8c([2H])c([2H])c([2H])c([2H])c87)c([2H])c6c6c([2H])c(C(C)(C)C)c([2H])c([2H])c64)c([2H])c3N5c3c(-c4ccccc4)cc(C(C)(C)C)cc3-c3ccccc3)c2c([2H])c1[2H]. The second-order valence-corrected chi connectivity index (χ2v) is 38.7. The monoisotopic (exact) mass is 1700 g/mol. The normalized spacial score (nSPS) is 16.8. The van der Waals surface area contributed by atoms with Gasteiger partial charge >= 0.3 is 0 Å². The van der Waals surface area contributed by atoms with E-state index in [2.05, 4.69) is 41.5 Å². The molecule has 0 saturated heterocycles. The van der Waals surface area contributed by atoms with E-state index in [0.717, 1.165) is 35.5 Å². The summed E-state index contributed by atoms with van der Waals surface area (Å²) in [6, 6.07) is 25.6. The molecule has 4 aromatic heterocycles. The Hall–Kier alpha value is -14.4. The third kappa shape index (κ3) is 12.7. The molecule has 7 heteroatoms. The van der Waals surface area contributed by atoms with Crippen LogP contribution in [0.2, 0.25) is 0 Å². The van der Waals surface area contributed by atoms with Crippen LogP contribution in [0.25, 0.3) is 154 Å². The van der Waals surface area contributed by atoms with E-state index < -0.39 is 321 Å². The molecule has 0 amide bonds. The van der Waals surface area contributed by atoms with Gasteiger partial charge in [0.25, 0.3) is 6.71 Å². The van der Waals surface area contributed by atoms with E-state index in [9.17, 15) is 39.8 Å². The van der Waals surface area contributed by atoms with E-state index in [-0.39, 0.29) is 71.9 Å². The van der Waals surface area contributed by atoms with E-state index in [1.807, 2.05) is 188 Å². The first-order valence-corrected chi connectivity index (χ1v) is 43.3. The molecule has 626 valence electrons. The number of para-hydroxylation sites is 4. The van der Waals surface area contributed by atoms with E-state index in [1.54, 1.807) is 41.5 Å². The number of benzene rings is 17. The lowest BCUT2D eigenvalue weighted by atomic mass is 9.33. The first-order valence-electron chi connectivity index (χ1n) is 59.8. The summed E-state index contributed by atoms with van der Waals surface area (Å²) in [6.07, 6.45) is 0.